The molecule has 0 saturated carbocycles. The summed E-state index contributed by atoms with van der Waals surface area (Å²) >= 11 is 0. The minimum absolute atomic E-state index is 0. The third-order valence-corrected chi connectivity index (χ3v) is 4.60. The molecule has 0 aliphatic carbocycles. The van der Waals surface area contributed by atoms with Gasteiger partial charge >= 0.3 is 0 Å². The van der Waals surface area contributed by atoms with Crippen LogP contribution in [-0.2, 0) is 4.74 Å². The van der Waals surface area contributed by atoms with Crippen molar-refractivity contribution >= 4 is 35.9 Å². The highest BCUT2D eigenvalue weighted by Crippen LogP contribution is 2.16. The Bertz CT molecular complexity index is 738. The van der Waals surface area contributed by atoms with Gasteiger partial charge in [0.2, 0.25) is 5.95 Å². The number of aromatic nitrogens is 2. The summed E-state index contributed by atoms with van der Waals surface area (Å²) in [4.78, 5) is 17.4. The summed E-state index contributed by atoms with van der Waals surface area (Å²) in [5, 5.41) is 3.37. The Kier molecular flexibility index (Phi) is 8.84. The summed E-state index contributed by atoms with van der Waals surface area (Å²) in [6.45, 7) is 3.86. The molecule has 0 spiro atoms. The van der Waals surface area contributed by atoms with E-state index in [0.29, 0.717) is 6.54 Å². The predicted octanol–water partition coefficient (Wildman–Crippen LogP) is 2.32. The molecule has 1 N–H and O–H groups in total. The highest BCUT2D eigenvalue weighted by atomic mass is 127. The Morgan fingerprint density at radius 1 is 1.18 bits per heavy atom. The lowest BCUT2D eigenvalue weighted by Crippen LogP contribution is -2.53. The number of hydrogen-bond acceptors (Lipinski definition) is 5. The molecular weight excluding hydrogens is 474 g/mol. The van der Waals surface area contributed by atoms with Gasteiger partial charge in [-0.1, -0.05) is 12.1 Å². The molecule has 1 atom stereocenters. The fourth-order valence-corrected chi connectivity index (χ4v) is 3.10. The molecule has 1 unspecified atom stereocenters. The maximum Gasteiger partial charge on any atom is 0.225 e. The molecule has 1 fully saturated rings. The smallest absolute Gasteiger partial charge is 0.225 e. The van der Waals surface area contributed by atoms with Crippen LogP contribution < -0.4 is 10.2 Å². The monoisotopic (exact) mass is 500 g/mol. The Labute approximate surface area is 182 Å². The number of ether oxygens (including phenoxy) is 1. The van der Waals surface area contributed by atoms with Crippen molar-refractivity contribution in [3.05, 3.63) is 54.1 Å². The highest BCUT2D eigenvalue weighted by Gasteiger charge is 2.22. The van der Waals surface area contributed by atoms with Crippen molar-refractivity contribution in [3.8, 4) is 0 Å². The van der Waals surface area contributed by atoms with Crippen molar-refractivity contribution in [2.45, 2.75) is 6.10 Å². The molecule has 1 aromatic heterocycles. The van der Waals surface area contributed by atoms with Crippen LogP contribution in [-0.4, -0.2) is 67.7 Å². The SMILES string of the molecule is CN=C(NCC(OC)c1ccc(F)cc1)N1CCN(c2ncccn2)CC1.I. The molecule has 1 saturated heterocycles. The zero-order valence-corrected chi connectivity index (χ0v) is 18.4. The molecule has 1 aliphatic rings. The first-order chi connectivity index (χ1) is 13.2. The van der Waals surface area contributed by atoms with Crippen molar-refractivity contribution in [3.63, 3.8) is 0 Å². The van der Waals surface area contributed by atoms with Crippen LogP contribution in [0.3, 0.4) is 0 Å². The highest BCUT2D eigenvalue weighted by molar-refractivity contribution is 14.0. The lowest BCUT2D eigenvalue weighted by Gasteiger charge is -2.36. The van der Waals surface area contributed by atoms with Gasteiger partial charge in [-0.3, -0.25) is 4.99 Å². The number of methoxy groups -OCH3 is 1. The zero-order chi connectivity index (χ0) is 19.1. The Balaban J connectivity index is 0.00000280. The van der Waals surface area contributed by atoms with E-state index in [9.17, 15) is 4.39 Å². The summed E-state index contributed by atoms with van der Waals surface area (Å²) in [6, 6.07) is 8.19. The molecule has 152 valence electrons. The maximum atomic E-state index is 13.1. The van der Waals surface area contributed by atoms with Crippen molar-refractivity contribution in [1.29, 1.82) is 0 Å². The third kappa shape index (κ3) is 5.74. The zero-order valence-electron chi connectivity index (χ0n) is 16.1. The number of nitrogens with zero attached hydrogens (tertiary/aromatic N) is 5. The van der Waals surface area contributed by atoms with Gasteiger partial charge in [0, 0.05) is 59.3 Å². The van der Waals surface area contributed by atoms with Crippen molar-refractivity contribution in [2.24, 2.45) is 4.99 Å². The van der Waals surface area contributed by atoms with Gasteiger partial charge < -0.3 is 19.9 Å². The topological polar surface area (TPSA) is 65.9 Å². The number of guanidine groups is 1. The summed E-state index contributed by atoms with van der Waals surface area (Å²) in [7, 11) is 3.42. The number of hydrogen-bond donors (Lipinski definition) is 1. The van der Waals surface area contributed by atoms with Gasteiger partial charge in [-0.05, 0) is 23.8 Å². The van der Waals surface area contributed by atoms with Crippen molar-refractivity contribution in [2.75, 3.05) is 51.8 Å². The minimum atomic E-state index is -0.252. The molecule has 0 radical (unpaired) electrons. The largest absolute Gasteiger partial charge is 0.375 e. The van der Waals surface area contributed by atoms with E-state index in [2.05, 4.69) is 30.1 Å². The average Bonchev–Trinajstić information content (AvgIpc) is 2.73. The number of aliphatic imine (C=N–C) groups is 1. The predicted molar refractivity (Wildman–Crippen MR) is 119 cm³/mol. The van der Waals surface area contributed by atoms with Crippen LogP contribution in [0.25, 0.3) is 0 Å². The number of halogens is 2. The van der Waals surface area contributed by atoms with E-state index in [1.165, 1.54) is 12.1 Å². The molecular formula is C19H26FIN6O. The standard InChI is InChI=1S/C19H25FN6O.HI/c1-21-18(24-14-17(27-2)15-4-6-16(20)7-5-15)25-10-12-26(13-11-25)19-22-8-3-9-23-19;/h3-9,17H,10-14H2,1-2H3,(H,21,24);1H. The van der Waals surface area contributed by atoms with E-state index in [1.54, 1.807) is 38.7 Å². The van der Waals surface area contributed by atoms with Crippen molar-refractivity contribution < 1.29 is 9.13 Å². The van der Waals surface area contributed by atoms with Gasteiger partial charge in [-0.15, -0.1) is 24.0 Å². The molecule has 9 heteroatoms. The van der Waals surface area contributed by atoms with Crippen LogP contribution in [0.15, 0.2) is 47.7 Å². The first kappa shape index (κ1) is 22.3. The maximum absolute atomic E-state index is 13.1. The van der Waals surface area contributed by atoms with Gasteiger partial charge in [-0.25, -0.2) is 14.4 Å². The normalized spacial score (nSPS) is 15.8. The van der Waals surface area contributed by atoms with Crippen molar-refractivity contribution in [1.82, 2.24) is 20.2 Å². The van der Waals surface area contributed by atoms with Crippen LogP contribution in [0.5, 0.6) is 0 Å². The van der Waals surface area contributed by atoms with E-state index in [0.717, 1.165) is 43.7 Å². The van der Waals surface area contributed by atoms with Gasteiger partial charge in [0.05, 0.1) is 6.10 Å². The van der Waals surface area contributed by atoms with Crippen LogP contribution in [0.1, 0.15) is 11.7 Å². The molecule has 0 bridgehead atoms. The molecule has 1 aromatic carbocycles. The second-order valence-corrected chi connectivity index (χ2v) is 6.23. The molecule has 2 aromatic rings. The molecule has 3 rings (SSSR count). The van der Waals surface area contributed by atoms with E-state index in [4.69, 9.17) is 4.74 Å². The third-order valence-electron chi connectivity index (χ3n) is 4.60. The lowest BCUT2D eigenvalue weighted by molar-refractivity contribution is 0.105. The van der Waals surface area contributed by atoms with Crippen LogP contribution in [0, 0.1) is 5.82 Å². The van der Waals surface area contributed by atoms with Crippen LogP contribution >= 0.6 is 24.0 Å². The number of piperazine rings is 1. The van der Waals surface area contributed by atoms with E-state index in [-0.39, 0.29) is 35.9 Å². The fraction of sp³-hybridized carbons (Fsp3) is 0.421. The van der Waals surface area contributed by atoms with E-state index >= 15 is 0 Å². The second-order valence-electron chi connectivity index (χ2n) is 6.23. The Hall–Kier alpha value is -2.01. The summed E-state index contributed by atoms with van der Waals surface area (Å²) in [5.74, 6) is 1.33. The fourth-order valence-electron chi connectivity index (χ4n) is 3.10. The van der Waals surface area contributed by atoms with Gasteiger partial charge in [0.25, 0.3) is 0 Å². The molecule has 7 nitrogen and oxygen atoms in total. The first-order valence-electron chi connectivity index (χ1n) is 8.97. The first-order valence-corrected chi connectivity index (χ1v) is 8.97. The summed E-state index contributed by atoms with van der Waals surface area (Å²) in [5.41, 5.74) is 0.924. The van der Waals surface area contributed by atoms with Gasteiger partial charge in [0.1, 0.15) is 5.82 Å². The van der Waals surface area contributed by atoms with Gasteiger partial charge in [0.15, 0.2) is 5.96 Å². The number of anilines is 1. The number of rotatable bonds is 5. The molecule has 0 amide bonds. The minimum Gasteiger partial charge on any atom is -0.375 e. The van der Waals surface area contributed by atoms with Crippen LogP contribution in [0.2, 0.25) is 0 Å². The Morgan fingerprint density at radius 3 is 2.39 bits per heavy atom. The van der Waals surface area contributed by atoms with E-state index in [1.807, 2.05) is 6.07 Å². The lowest BCUT2D eigenvalue weighted by atomic mass is 10.1. The molecule has 1 aliphatic heterocycles. The van der Waals surface area contributed by atoms with Gasteiger partial charge in [-0.2, -0.15) is 0 Å². The van der Waals surface area contributed by atoms with Crippen LogP contribution in [0.4, 0.5) is 10.3 Å². The summed E-state index contributed by atoms with van der Waals surface area (Å²) in [6.07, 6.45) is 3.34. The quantitative estimate of drug-likeness (QED) is 0.387. The second kappa shape index (κ2) is 11.1. The summed E-state index contributed by atoms with van der Waals surface area (Å²) < 4.78 is 18.7. The molecule has 28 heavy (non-hydrogen) atoms. The van der Waals surface area contributed by atoms with E-state index < -0.39 is 0 Å². The number of benzene rings is 1. The number of nitrogens with one attached hydrogen (secondary N) is 1. The molecule has 2 heterocycles. The average molecular weight is 500 g/mol. The Morgan fingerprint density at radius 2 is 1.82 bits per heavy atom.